The van der Waals surface area contributed by atoms with Crippen LogP contribution in [0.4, 0.5) is 8.78 Å². The molecule has 5 nitrogen and oxygen atoms in total. The van der Waals surface area contributed by atoms with Crippen LogP contribution in [0.2, 0.25) is 0 Å². The van der Waals surface area contributed by atoms with Crippen molar-refractivity contribution in [1.29, 1.82) is 0 Å². The molecule has 0 bridgehead atoms. The lowest BCUT2D eigenvalue weighted by Crippen LogP contribution is -2.29. The quantitative estimate of drug-likeness (QED) is 0.725. The molecule has 3 aromatic rings. The van der Waals surface area contributed by atoms with Crippen molar-refractivity contribution in [1.82, 2.24) is 19.7 Å². The third-order valence-corrected chi connectivity index (χ3v) is 4.62. The van der Waals surface area contributed by atoms with E-state index in [0.29, 0.717) is 13.1 Å². The molecule has 1 aliphatic rings. The molecule has 1 fully saturated rings. The Kier molecular flexibility index (Phi) is 4.20. The number of hydrogen-bond acceptors (Lipinski definition) is 3. The molecular formula is C19H16F2N4O. The minimum atomic E-state index is -1.02. The first-order valence-corrected chi connectivity index (χ1v) is 8.33. The summed E-state index contributed by atoms with van der Waals surface area (Å²) >= 11 is 0. The molecule has 2 aromatic carbocycles. The van der Waals surface area contributed by atoms with Crippen molar-refractivity contribution < 1.29 is 13.6 Å². The second kappa shape index (κ2) is 6.67. The van der Waals surface area contributed by atoms with Gasteiger partial charge in [-0.05, 0) is 24.6 Å². The zero-order valence-corrected chi connectivity index (χ0v) is 13.8. The second-order valence-electron chi connectivity index (χ2n) is 6.25. The molecule has 1 aromatic heterocycles. The van der Waals surface area contributed by atoms with Gasteiger partial charge in [-0.3, -0.25) is 4.79 Å². The molecule has 1 amide bonds. The summed E-state index contributed by atoms with van der Waals surface area (Å²) in [5, 5.41) is 8.21. The third kappa shape index (κ3) is 2.96. The van der Waals surface area contributed by atoms with Crippen LogP contribution in [0.3, 0.4) is 0 Å². The second-order valence-corrected chi connectivity index (χ2v) is 6.25. The van der Waals surface area contributed by atoms with E-state index in [0.717, 1.165) is 29.9 Å². The van der Waals surface area contributed by atoms with Crippen molar-refractivity contribution >= 4 is 5.91 Å². The lowest BCUT2D eigenvalue weighted by Gasteiger charge is -2.18. The van der Waals surface area contributed by atoms with E-state index in [1.165, 1.54) is 6.07 Å². The molecule has 0 spiro atoms. The Morgan fingerprint density at radius 3 is 2.65 bits per heavy atom. The van der Waals surface area contributed by atoms with Crippen LogP contribution in [0, 0.1) is 11.6 Å². The average molecular weight is 354 g/mol. The topological polar surface area (TPSA) is 51.0 Å². The van der Waals surface area contributed by atoms with Crippen LogP contribution in [0.15, 0.2) is 54.9 Å². The number of carbonyl (C=O) groups is 1. The number of carbonyl (C=O) groups excluding carboxylic acids is 1. The number of rotatable bonds is 3. The Hall–Kier alpha value is -3.09. The van der Waals surface area contributed by atoms with Gasteiger partial charge in [-0.25, -0.2) is 8.78 Å². The number of aromatic nitrogens is 3. The van der Waals surface area contributed by atoms with Gasteiger partial charge in [-0.15, -0.1) is 10.2 Å². The number of likely N-dealkylation sites (tertiary alicyclic amines) is 1. The molecule has 7 heteroatoms. The summed E-state index contributed by atoms with van der Waals surface area (Å²) in [5.41, 5.74) is 1.10. The molecule has 0 saturated carbocycles. The van der Waals surface area contributed by atoms with E-state index < -0.39 is 11.6 Å². The summed E-state index contributed by atoms with van der Waals surface area (Å²) in [5.74, 6) is -1.53. The molecule has 132 valence electrons. The number of halogens is 2. The van der Waals surface area contributed by atoms with E-state index in [9.17, 15) is 13.6 Å². The number of benzene rings is 2. The predicted octanol–water partition coefficient (Wildman–Crippen LogP) is 3.31. The molecule has 1 unspecified atom stereocenters. The van der Waals surface area contributed by atoms with Crippen molar-refractivity contribution in [2.24, 2.45) is 0 Å². The smallest absolute Gasteiger partial charge is 0.254 e. The minimum Gasteiger partial charge on any atom is -0.336 e. The first kappa shape index (κ1) is 16.4. The molecular weight excluding hydrogens is 338 g/mol. The fourth-order valence-corrected chi connectivity index (χ4v) is 3.27. The zero-order chi connectivity index (χ0) is 18.1. The Bertz CT molecular complexity index is 942. The van der Waals surface area contributed by atoms with Crippen molar-refractivity contribution in [3.05, 3.63) is 72.1 Å². The summed E-state index contributed by atoms with van der Waals surface area (Å²) in [4.78, 5) is 14.2. The Morgan fingerprint density at radius 1 is 1.08 bits per heavy atom. The van der Waals surface area contributed by atoms with Gasteiger partial charge in [0.05, 0.1) is 6.04 Å². The van der Waals surface area contributed by atoms with Crippen LogP contribution >= 0.6 is 0 Å². The molecule has 0 aliphatic carbocycles. The van der Waals surface area contributed by atoms with E-state index >= 15 is 0 Å². The molecule has 1 saturated heterocycles. The van der Waals surface area contributed by atoms with Gasteiger partial charge >= 0.3 is 0 Å². The highest BCUT2D eigenvalue weighted by atomic mass is 19.2. The third-order valence-electron chi connectivity index (χ3n) is 4.62. The van der Waals surface area contributed by atoms with Crippen molar-refractivity contribution in [2.45, 2.75) is 12.5 Å². The monoisotopic (exact) mass is 354 g/mol. The number of amides is 1. The zero-order valence-electron chi connectivity index (χ0n) is 13.8. The lowest BCUT2D eigenvalue weighted by molar-refractivity contribution is 0.0787. The highest BCUT2D eigenvalue weighted by Crippen LogP contribution is 2.28. The first-order chi connectivity index (χ1) is 12.6. The summed E-state index contributed by atoms with van der Waals surface area (Å²) in [6, 6.07) is 13.0. The van der Waals surface area contributed by atoms with E-state index in [1.54, 1.807) is 11.2 Å². The summed E-state index contributed by atoms with van der Waals surface area (Å²) < 4.78 is 28.4. The average Bonchev–Trinajstić information content (AvgIpc) is 3.33. The van der Waals surface area contributed by atoms with Crippen LogP contribution in [0.5, 0.6) is 0 Å². The standard InChI is InChI=1S/C19H16F2N4O/c20-16-7-6-14(10-17(16)21)19(26)24-9-8-15(11-24)25-12-22-23-18(25)13-4-2-1-3-5-13/h1-7,10,12,15H,8-9,11H2. The maximum atomic E-state index is 13.4. The summed E-state index contributed by atoms with van der Waals surface area (Å²) in [7, 11) is 0. The first-order valence-electron chi connectivity index (χ1n) is 8.33. The van der Waals surface area contributed by atoms with Gasteiger partial charge in [0.1, 0.15) is 6.33 Å². The molecule has 4 rings (SSSR count). The highest BCUT2D eigenvalue weighted by Gasteiger charge is 2.30. The minimum absolute atomic E-state index is 0.0365. The fraction of sp³-hybridized carbons (Fsp3) is 0.211. The molecule has 1 aliphatic heterocycles. The van der Waals surface area contributed by atoms with Crippen LogP contribution in [0.1, 0.15) is 22.8 Å². The van der Waals surface area contributed by atoms with E-state index in [2.05, 4.69) is 10.2 Å². The van der Waals surface area contributed by atoms with Crippen molar-refractivity contribution in [2.75, 3.05) is 13.1 Å². The summed E-state index contributed by atoms with van der Waals surface area (Å²) in [6.07, 6.45) is 2.41. The van der Waals surface area contributed by atoms with E-state index in [1.807, 2.05) is 34.9 Å². The maximum Gasteiger partial charge on any atom is 0.254 e. The van der Waals surface area contributed by atoms with Gasteiger partial charge < -0.3 is 9.47 Å². The fourth-order valence-electron chi connectivity index (χ4n) is 3.27. The number of nitrogens with zero attached hydrogens (tertiary/aromatic N) is 4. The van der Waals surface area contributed by atoms with Gasteiger partial charge in [0.25, 0.3) is 5.91 Å². The Labute approximate surface area is 148 Å². The van der Waals surface area contributed by atoms with Gasteiger partial charge in [-0.1, -0.05) is 30.3 Å². The maximum absolute atomic E-state index is 13.4. The van der Waals surface area contributed by atoms with Gasteiger partial charge in [-0.2, -0.15) is 0 Å². The molecule has 1 atom stereocenters. The van der Waals surface area contributed by atoms with Gasteiger partial charge in [0.2, 0.25) is 0 Å². The normalized spacial score (nSPS) is 16.8. The largest absolute Gasteiger partial charge is 0.336 e. The van der Waals surface area contributed by atoms with Crippen molar-refractivity contribution in [3.8, 4) is 11.4 Å². The molecule has 0 N–H and O–H groups in total. The van der Waals surface area contributed by atoms with Crippen LogP contribution in [-0.2, 0) is 0 Å². The Balaban J connectivity index is 1.54. The SMILES string of the molecule is O=C(c1ccc(F)c(F)c1)N1CCC(n2cnnc2-c2ccccc2)C1. The molecule has 0 radical (unpaired) electrons. The van der Waals surface area contributed by atoms with E-state index in [-0.39, 0.29) is 17.5 Å². The van der Waals surface area contributed by atoms with E-state index in [4.69, 9.17) is 0 Å². The molecule has 2 heterocycles. The van der Waals surface area contributed by atoms with Gasteiger partial charge in [0, 0.05) is 24.2 Å². The van der Waals surface area contributed by atoms with Crippen LogP contribution in [-0.4, -0.2) is 38.7 Å². The predicted molar refractivity (Wildman–Crippen MR) is 91.4 cm³/mol. The highest BCUT2D eigenvalue weighted by molar-refractivity contribution is 5.94. The van der Waals surface area contributed by atoms with Crippen LogP contribution in [0.25, 0.3) is 11.4 Å². The summed E-state index contributed by atoms with van der Waals surface area (Å²) in [6.45, 7) is 1.00. The number of hydrogen-bond donors (Lipinski definition) is 0. The lowest BCUT2D eigenvalue weighted by atomic mass is 10.2. The van der Waals surface area contributed by atoms with Gasteiger partial charge in [0.15, 0.2) is 17.5 Å². The molecule has 26 heavy (non-hydrogen) atoms. The van der Waals surface area contributed by atoms with Crippen LogP contribution < -0.4 is 0 Å². The Morgan fingerprint density at radius 2 is 1.88 bits per heavy atom. The van der Waals surface area contributed by atoms with Crippen molar-refractivity contribution in [3.63, 3.8) is 0 Å².